The Kier molecular flexibility index (Phi) is 9.36. The molecule has 1 aliphatic rings. The molecule has 0 saturated carbocycles. The third-order valence-corrected chi connectivity index (χ3v) is 6.46. The number of anilines is 2. The number of aromatic nitrogens is 1. The molecule has 13 nitrogen and oxygen atoms in total. The second-order valence-electron chi connectivity index (χ2n) is 9.49. The van der Waals surface area contributed by atoms with Crippen molar-refractivity contribution in [2.24, 2.45) is 5.22 Å². The molecule has 3 N–H and O–H groups in total. The largest absolute Gasteiger partial charge is 0.493 e. The monoisotopic (exact) mass is 559 g/mol. The van der Waals surface area contributed by atoms with Gasteiger partial charge in [0.2, 0.25) is 0 Å². The number of rotatable bonds is 11. The van der Waals surface area contributed by atoms with Gasteiger partial charge in [0.05, 0.1) is 36.5 Å². The SMILES string of the molecule is COc1cc2c(N3CCN(C(=O)Nc4ccc(OC(C)C)cc4)CC3)c(C#N)cnc2cc1OCCN(C=N)N=N. The minimum absolute atomic E-state index is 0.0724. The minimum atomic E-state index is -0.189. The molecule has 1 aromatic heterocycles. The Morgan fingerprint density at radius 1 is 1.22 bits per heavy atom. The summed E-state index contributed by atoms with van der Waals surface area (Å²) >= 11 is 0. The number of fused-ring (bicyclic) bond motifs is 1. The number of urea groups is 1. The van der Waals surface area contributed by atoms with Gasteiger partial charge in [-0.1, -0.05) is 5.22 Å². The van der Waals surface area contributed by atoms with Gasteiger partial charge in [0.25, 0.3) is 0 Å². The number of benzene rings is 2. The predicted molar refractivity (Wildman–Crippen MR) is 154 cm³/mol. The van der Waals surface area contributed by atoms with Crippen molar-refractivity contribution in [3.8, 4) is 23.3 Å². The fraction of sp³-hybridized carbons (Fsp3) is 0.357. The van der Waals surface area contributed by atoms with Gasteiger partial charge in [-0.05, 0) is 44.2 Å². The number of nitrogens with one attached hydrogen (secondary N) is 3. The molecule has 0 spiro atoms. The van der Waals surface area contributed by atoms with Crippen LogP contribution in [0.25, 0.3) is 10.9 Å². The highest BCUT2D eigenvalue weighted by molar-refractivity contribution is 5.97. The summed E-state index contributed by atoms with van der Waals surface area (Å²) < 4.78 is 17.1. The predicted octanol–water partition coefficient (Wildman–Crippen LogP) is 4.49. The molecule has 4 rings (SSSR count). The van der Waals surface area contributed by atoms with Crippen molar-refractivity contribution in [2.75, 3.05) is 56.7 Å². The molecule has 2 heterocycles. The maximum Gasteiger partial charge on any atom is 0.321 e. The molecule has 0 atom stereocenters. The molecule has 41 heavy (non-hydrogen) atoms. The maximum atomic E-state index is 12.9. The number of nitrogens with zero attached hydrogens (tertiary/aromatic N) is 6. The first kappa shape index (κ1) is 28.9. The fourth-order valence-electron chi connectivity index (χ4n) is 4.50. The number of amides is 2. The average molecular weight is 560 g/mol. The van der Waals surface area contributed by atoms with Crippen molar-refractivity contribution in [2.45, 2.75) is 20.0 Å². The van der Waals surface area contributed by atoms with E-state index in [-0.39, 0.29) is 25.3 Å². The molecule has 2 aromatic carbocycles. The molecular formula is C28H33N9O4. The summed E-state index contributed by atoms with van der Waals surface area (Å²) in [7, 11) is 1.53. The van der Waals surface area contributed by atoms with Gasteiger partial charge in [0.1, 0.15) is 24.8 Å². The Bertz CT molecular complexity index is 1420. The van der Waals surface area contributed by atoms with Crippen LogP contribution in [0.1, 0.15) is 19.4 Å². The van der Waals surface area contributed by atoms with Gasteiger partial charge in [-0.3, -0.25) is 10.4 Å². The van der Waals surface area contributed by atoms with E-state index in [4.69, 9.17) is 25.2 Å². The van der Waals surface area contributed by atoms with E-state index in [1.54, 1.807) is 17.0 Å². The summed E-state index contributed by atoms with van der Waals surface area (Å²) in [6.07, 6.45) is 2.55. The normalized spacial score (nSPS) is 13.0. The Hall–Kier alpha value is -5.12. The Labute approximate surface area is 238 Å². The van der Waals surface area contributed by atoms with E-state index in [1.807, 2.05) is 38.1 Å². The lowest BCUT2D eigenvalue weighted by Gasteiger charge is -2.37. The molecule has 2 amide bonds. The zero-order valence-electron chi connectivity index (χ0n) is 23.3. The Balaban J connectivity index is 1.47. The molecule has 0 bridgehead atoms. The number of carbonyl (C=O) groups excluding carboxylic acids is 1. The van der Waals surface area contributed by atoms with Crippen LogP contribution in [-0.2, 0) is 0 Å². The third-order valence-electron chi connectivity index (χ3n) is 6.46. The fourth-order valence-corrected chi connectivity index (χ4v) is 4.50. The van der Waals surface area contributed by atoms with Crippen LogP contribution in [0.5, 0.6) is 17.2 Å². The second-order valence-corrected chi connectivity index (χ2v) is 9.49. The molecule has 1 aliphatic heterocycles. The molecule has 13 heteroatoms. The third kappa shape index (κ3) is 6.91. The molecule has 214 valence electrons. The number of ether oxygens (including phenoxy) is 3. The number of methoxy groups -OCH3 is 1. The van der Waals surface area contributed by atoms with E-state index in [9.17, 15) is 10.1 Å². The number of carbonyl (C=O) groups is 1. The van der Waals surface area contributed by atoms with Crippen LogP contribution < -0.4 is 24.4 Å². The average Bonchev–Trinajstić information content (AvgIpc) is 2.99. The summed E-state index contributed by atoms with van der Waals surface area (Å²) in [5, 5.41) is 25.1. The van der Waals surface area contributed by atoms with Crippen molar-refractivity contribution in [1.82, 2.24) is 14.9 Å². The van der Waals surface area contributed by atoms with Crippen molar-refractivity contribution in [3.05, 3.63) is 48.2 Å². The summed E-state index contributed by atoms with van der Waals surface area (Å²) in [5.41, 5.74) is 9.51. The van der Waals surface area contributed by atoms with Crippen LogP contribution in [-0.4, -0.2) is 79.8 Å². The maximum absolute atomic E-state index is 12.9. The number of hydrogen-bond acceptors (Lipinski definition) is 10. The Morgan fingerprint density at radius 2 is 1.95 bits per heavy atom. The number of hydrogen-bond donors (Lipinski definition) is 3. The lowest BCUT2D eigenvalue weighted by molar-refractivity contribution is 0.208. The zero-order valence-corrected chi connectivity index (χ0v) is 23.3. The van der Waals surface area contributed by atoms with Crippen LogP contribution in [0, 0.1) is 22.3 Å². The van der Waals surface area contributed by atoms with Gasteiger partial charge in [0.15, 0.2) is 11.5 Å². The topological polar surface area (TPSA) is 163 Å². The van der Waals surface area contributed by atoms with Gasteiger partial charge in [-0.2, -0.15) is 10.8 Å². The molecule has 0 radical (unpaired) electrons. The molecular weight excluding hydrogens is 526 g/mol. The second kappa shape index (κ2) is 13.3. The molecule has 1 saturated heterocycles. The van der Waals surface area contributed by atoms with Crippen LogP contribution >= 0.6 is 0 Å². The van der Waals surface area contributed by atoms with Gasteiger partial charge in [0, 0.05) is 49.5 Å². The molecule has 1 fully saturated rings. The number of nitriles is 1. The van der Waals surface area contributed by atoms with Crippen molar-refractivity contribution < 1.29 is 19.0 Å². The molecule has 0 unspecified atom stereocenters. The zero-order chi connectivity index (χ0) is 29.4. The lowest BCUT2D eigenvalue weighted by atomic mass is 10.1. The van der Waals surface area contributed by atoms with E-state index >= 15 is 0 Å². The lowest BCUT2D eigenvalue weighted by Crippen LogP contribution is -2.50. The quantitative estimate of drug-likeness (QED) is 0.134. The van der Waals surface area contributed by atoms with Crippen LogP contribution in [0.3, 0.4) is 0 Å². The van der Waals surface area contributed by atoms with E-state index < -0.39 is 0 Å². The first-order valence-corrected chi connectivity index (χ1v) is 13.1. The highest BCUT2D eigenvalue weighted by Gasteiger charge is 2.25. The van der Waals surface area contributed by atoms with E-state index in [0.29, 0.717) is 54.4 Å². The van der Waals surface area contributed by atoms with Crippen LogP contribution in [0.2, 0.25) is 0 Å². The molecule has 0 aliphatic carbocycles. The van der Waals surface area contributed by atoms with Gasteiger partial charge in [-0.25, -0.2) is 9.80 Å². The van der Waals surface area contributed by atoms with E-state index in [1.165, 1.54) is 13.3 Å². The molecule has 3 aromatic rings. The Morgan fingerprint density at radius 3 is 2.56 bits per heavy atom. The number of piperazine rings is 1. The van der Waals surface area contributed by atoms with E-state index in [2.05, 4.69) is 26.5 Å². The van der Waals surface area contributed by atoms with Crippen LogP contribution in [0.4, 0.5) is 16.2 Å². The standard InChI is InChI=1S/C28H33N9O4/c1-19(2)41-22-6-4-21(5-7-22)33-28(38)36-10-8-35(9-11-36)27-20(16-29)17-32-24-15-26(25(39-3)14-23(24)27)40-13-12-37(18-30)34-31/h4-7,14-15,17-19,30-31H,8-13H2,1-3H3,(H,33,38). The van der Waals surface area contributed by atoms with Crippen LogP contribution in [0.15, 0.2) is 47.8 Å². The van der Waals surface area contributed by atoms with Gasteiger partial charge >= 0.3 is 6.03 Å². The summed E-state index contributed by atoms with van der Waals surface area (Å²) in [6, 6.07) is 12.9. The van der Waals surface area contributed by atoms with Crippen molar-refractivity contribution in [1.29, 1.82) is 16.2 Å². The van der Waals surface area contributed by atoms with Gasteiger partial charge < -0.3 is 29.3 Å². The first-order valence-electron chi connectivity index (χ1n) is 13.1. The van der Waals surface area contributed by atoms with Crippen molar-refractivity contribution >= 4 is 34.6 Å². The van der Waals surface area contributed by atoms with Gasteiger partial charge in [-0.15, -0.1) is 0 Å². The van der Waals surface area contributed by atoms with Crippen molar-refractivity contribution in [3.63, 3.8) is 0 Å². The smallest absolute Gasteiger partial charge is 0.321 e. The summed E-state index contributed by atoms with van der Waals surface area (Å²) in [5.74, 6) is 1.65. The number of pyridine rings is 1. The highest BCUT2D eigenvalue weighted by atomic mass is 16.5. The van der Waals surface area contributed by atoms with E-state index in [0.717, 1.165) is 28.2 Å². The first-order chi connectivity index (χ1) is 19.9. The summed E-state index contributed by atoms with van der Waals surface area (Å²) in [6.45, 7) is 6.30. The summed E-state index contributed by atoms with van der Waals surface area (Å²) in [4.78, 5) is 21.2. The minimum Gasteiger partial charge on any atom is -0.493 e. The highest BCUT2D eigenvalue weighted by Crippen LogP contribution is 2.38.